The van der Waals surface area contributed by atoms with E-state index < -0.39 is 23.1 Å². The first kappa shape index (κ1) is 14.0. The number of nitrogens with one attached hydrogen (secondary N) is 1. The van der Waals surface area contributed by atoms with Crippen molar-refractivity contribution >= 4 is 55.1 Å². The molecule has 1 aromatic heterocycles. The molecule has 1 heterocycles. The Balaban J connectivity index is 2.05. The molecule has 18 heavy (non-hydrogen) atoms. The van der Waals surface area contributed by atoms with Crippen LogP contribution in [-0.4, -0.2) is 23.5 Å². The van der Waals surface area contributed by atoms with Crippen LogP contribution in [0, 0.1) is 11.2 Å². The van der Waals surface area contributed by atoms with Crippen molar-refractivity contribution in [2.24, 2.45) is 5.41 Å². The van der Waals surface area contributed by atoms with Crippen molar-refractivity contribution in [3.05, 3.63) is 19.0 Å². The molecule has 0 radical (unpaired) electrons. The fourth-order valence-electron chi connectivity index (χ4n) is 1.46. The standard InChI is InChI=1S/C10H8Br2FNO3S/c11-4-5(13)6(18-7(4)12)8(15)14-3-10(1-2-10)9(16)17/h1-3H2,(H,14,15)(H,16,17). The first-order chi connectivity index (χ1) is 8.37. The zero-order valence-corrected chi connectivity index (χ0v) is 12.9. The molecule has 0 aliphatic heterocycles. The van der Waals surface area contributed by atoms with Crippen molar-refractivity contribution in [3.63, 3.8) is 0 Å². The van der Waals surface area contributed by atoms with Gasteiger partial charge in [-0.25, -0.2) is 4.39 Å². The second-order valence-corrected chi connectivity index (χ2v) is 7.23. The van der Waals surface area contributed by atoms with E-state index in [-0.39, 0.29) is 15.9 Å². The molecular formula is C10H8Br2FNO3S. The van der Waals surface area contributed by atoms with Gasteiger partial charge >= 0.3 is 5.97 Å². The van der Waals surface area contributed by atoms with E-state index in [1.807, 2.05) is 0 Å². The summed E-state index contributed by atoms with van der Waals surface area (Å²) in [4.78, 5) is 22.6. The van der Waals surface area contributed by atoms with Gasteiger partial charge in [0.1, 0.15) is 4.88 Å². The maximum absolute atomic E-state index is 13.6. The van der Waals surface area contributed by atoms with E-state index in [0.29, 0.717) is 16.6 Å². The summed E-state index contributed by atoms with van der Waals surface area (Å²) in [6.07, 6.45) is 1.09. The van der Waals surface area contributed by atoms with Crippen molar-refractivity contribution in [2.45, 2.75) is 12.8 Å². The second-order valence-electron chi connectivity index (χ2n) is 4.10. The minimum Gasteiger partial charge on any atom is -0.481 e. The Bertz CT molecular complexity index is 527. The number of amides is 1. The van der Waals surface area contributed by atoms with Crippen LogP contribution in [0.15, 0.2) is 8.26 Å². The lowest BCUT2D eigenvalue weighted by molar-refractivity contribution is -0.143. The summed E-state index contributed by atoms with van der Waals surface area (Å²) in [6.45, 7) is 0.0355. The third-order valence-electron chi connectivity index (χ3n) is 2.86. The van der Waals surface area contributed by atoms with E-state index in [1.165, 1.54) is 0 Å². The third kappa shape index (κ3) is 2.46. The zero-order valence-electron chi connectivity index (χ0n) is 8.93. The van der Waals surface area contributed by atoms with Gasteiger partial charge in [0.15, 0.2) is 5.82 Å². The quantitative estimate of drug-likeness (QED) is 0.816. The molecule has 1 aliphatic rings. The molecule has 0 aromatic carbocycles. The summed E-state index contributed by atoms with van der Waals surface area (Å²) in [5, 5.41) is 11.4. The molecule has 4 nitrogen and oxygen atoms in total. The largest absolute Gasteiger partial charge is 0.481 e. The molecular weight excluding hydrogens is 393 g/mol. The molecule has 0 unspecified atom stereocenters. The van der Waals surface area contributed by atoms with Crippen LogP contribution in [-0.2, 0) is 4.79 Å². The highest BCUT2D eigenvalue weighted by molar-refractivity contribution is 9.13. The first-order valence-electron chi connectivity index (χ1n) is 5.02. The normalized spacial score (nSPS) is 16.4. The highest BCUT2D eigenvalue weighted by Gasteiger charge is 2.50. The number of thiophene rings is 1. The van der Waals surface area contributed by atoms with Gasteiger partial charge in [0, 0.05) is 6.54 Å². The van der Waals surface area contributed by atoms with Gasteiger partial charge in [-0.1, -0.05) is 0 Å². The van der Waals surface area contributed by atoms with Gasteiger partial charge in [0.05, 0.1) is 13.7 Å². The molecule has 1 saturated carbocycles. The number of aliphatic carboxylic acids is 1. The van der Waals surface area contributed by atoms with Crippen LogP contribution in [0.25, 0.3) is 0 Å². The van der Waals surface area contributed by atoms with Crippen LogP contribution in [0.3, 0.4) is 0 Å². The maximum atomic E-state index is 13.6. The van der Waals surface area contributed by atoms with Gasteiger partial charge in [-0.05, 0) is 44.7 Å². The summed E-state index contributed by atoms with van der Waals surface area (Å²) in [7, 11) is 0. The number of rotatable bonds is 4. The van der Waals surface area contributed by atoms with Gasteiger partial charge in [0.2, 0.25) is 0 Å². The monoisotopic (exact) mass is 399 g/mol. The fraction of sp³-hybridized carbons (Fsp3) is 0.400. The molecule has 1 aromatic rings. The fourth-order valence-corrected chi connectivity index (χ4v) is 3.41. The number of hydrogen-bond donors (Lipinski definition) is 2. The Morgan fingerprint density at radius 3 is 2.44 bits per heavy atom. The van der Waals surface area contributed by atoms with E-state index in [1.54, 1.807) is 0 Å². The maximum Gasteiger partial charge on any atom is 0.311 e. The molecule has 98 valence electrons. The lowest BCUT2D eigenvalue weighted by Gasteiger charge is -2.10. The molecule has 8 heteroatoms. The van der Waals surface area contributed by atoms with Gasteiger partial charge < -0.3 is 10.4 Å². The molecule has 1 amide bonds. The predicted octanol–water partition coefficient (Wildman–Crippen LogP) is 3.01. The Labute approximate surface area is 123 Å². The first-order valence-corrected chi connectivity index (χ1v) is 7.42. The highest BCUT2D eigenvalue weighted by Crippen LogP contribution is 2.45. The number of halogens is 3. The van der Waals surface area contributed by atoms with Crippen molar-refractivity contribution in [2.75, 3.05) is 6.54 Å². The number of carboxylic acids is 1. The molecule has 0 bridgehead atoms. The van der Waals surface area contributed by atoms with Crippen LogP contribution < -0.4 is 5.32 Å². The zero-order chi connectivity index (χ0) is 13.5. The highest BCUT2D eigenvalue weighted by atomic mass is 79.9. The van der Waals surface area contributed by atoms with Gasteiger partial charge in [0.25, 0.3) is 5.91 Å². The molecule has 1 fully saturated rings. The number of carbonyl (C=O) groups is 2. The molecule has 0 saturated heterocycles. The minimum atomic E-state index is -0.920. The van der Waals surface area contributed by atoms with Crippen LogP contribution in [0.5, 0.6) is 0 Å². The van der Waals surface area contributed by atoms with Crippen LogP contribution >= 0.6 is 43.2 Å². The number of hydrogen-bond acceptors (Lipinski definition) is 3. The van der Waals surface area contributed by atoms with Crippen molar-refractivity contribution in [1.82, 2.24) is 5.32 Å². The van der Waals surface area contributed by atoms with Crippen LogP contribution in [0.4, 0.5) is 4.39 Å². The summed E-state index contributed by atoms with van der Waals surface area (Å²) < 4.78 is 14.3. The molecule has 1 aliphatic carbocycles. The van der Waals surface area contributed by atoms with Gasteiger partial charge in [-0.15, -0.1) is 11.3 Å². The van der Waals surface area contributed by atoms with E-state index in [2.05, 4.69) is 37.2 Å². The summed E-state index contributed by atoms with van der Waals surface area (Å²) in [5.41, 5.74) is -0.849. The van der Waals surface area contributed by atoms with Crippen molar-refractivity contribution < 1.29 is 19.1 Å². The SMILES string of the molecule is O=C(NCC1(C(=O)O)CC1)c1sc(Br)c(Br)c1F. The third-order valence-corrected chi connectivity index (χ3v) is 6.23. The lowest BCUT2D eigenvalue weighted by atomic mass is 10.1. The Hall–Kier alpha value is -0.470. The van der Waals surface area contributed by atoms with E-state index in [0.717, 1.165) is 11.3 Å². The average molecular weight is 401 g/mol. The van der Waals surface area contributed by atoms with E-state index in [4.69, 9.17) is 5.11 Å². The molecule has 0 atom stereocenters. The second kappa shape index (κ2) is 4.90. The Kier molecular flexibility index (Phi) is 3.80. The number of carboxylic acid groups (broad SMARTS) is 1. The topological polar surface area (TPSA) is 66.4 Å². The summed E-state index contributed by atoms with van der Waals surface area (Å²) >= 11 is 7.09. The Morgan fingerprint density at radius 2 is 2.06 bits per heavy atom. The Morgan fingerprint density at radius 1 is 1.44 bits per heavy atom. The van der Waals surface area contributed by atoms with Crippen molar-refractivity contribution in [1.29, 1.82) is 0 Å². The lowest BCUT2D eigenvalue weighted by Crippen LogP contribution is -2.34. The van der Waals surface area contributed by atoms with Crippen LogP contribution in [0.2, 0.25) is 0 Å². The summed E-state index contributed by atoms with van der Waals surface area (Å²) in [5.74, 6) is -2.14. The van der Waals surface area contributed by atoms with E-state index >= 15 is 0 Å². The van der Waals surface area contributed by atoms with E-state index in [9.17, 15) is 14.0 Å². The minimum absolute atomic E-state index is 0.0355. The molecule has 0 spiro atoms. The molecule has 2 rings (SSSR count). The molecule has 2 N–H and O–H groups in total. The van der Waals surface area contributed by atoms with Crippen LogP contribution in [0.1, 0.15) is 22.5 Å². The van der Waals surface area contributed by atoms with Gasteiger partial charge in [-0.3, -0.25) is 9.59 Å². The predicted molar refractivity (Wildman–Crippen MR) is 71.3 cm³/mol. The van der Waals surface area contributed by atoms with Crippen molar-refractivity contribution in [3.8, 4) is 0 Å². The number of carbonyl (C=O) groups excluding carboxylic acids is 1. The summed E-state index contributed by atoms with van der Waals surface area (Å²) in [6, 6.07) is 0. The smallest absolute Gasteiger partial charge is 0.311 e. The average Bonchev–Trinajstić information content (AvgIpc) is 3.07. The van der Waals surface area contributed by atoms with Gasteiger partial charge in [-0.2, -0.15) is 0 Å².